The first-order valence-corrected chi connectivity index (χ1v) is 17.7. The van der Waals surface area contributed by atoms with Crippen LogP contribution in [0.2, 0.25) is 0 Å². The Labute approximate surface area is 278 Å². The van der Waals surface area contributed by atoms with Crippen LogP contribution in [0.5, 0.6) is 0 Å². The van der Waals surface area contributed by atoms with Gasteiger partial charge in [-0.15, -0.1) is 0 Å². The van der Waals surface area contributed by atoms with Crippen molar-refractivity contribution in [3.63, 3.8) is 0 Å². The molecule has 0 saturated carbocycles. The number of unbranched alkanes of at least 4 members (excludes halogenated alkanes) is 11. The number of allylic oxidation sites excluding steroid dienone is 2. The van der Waals surface area contributed by atoms with Crippen LogP contribution in [0, 0.1) is 5.41 Å². The van der Waals surface area contributed by atoms with Crippen molar-refractivity contribution in [3.05, 3.63) is 48.0 Å². The number of amides is 2. The van der Waals surface area contributed by atoms with E-state index in [9.17, 15) is 19.5 Å². The molecule has 0 bridgehead atoms. The average Bonchev–Trinajstić information content (AvgIpc) is 3.02. The molecule has 46 heavy (non-hydrogen) atoms. The molecule has 2 unspecified atom stereocenters. The minimum atomic E-state index is -1.66. The van der Waals surface area contributed by atoms with E-state index < -0.39 is 34.7 Å². The van der Waals surface area contributed by atoms with E-state index in [0.29, 0.717) is 19.4 Å². The summed E-state index contributed by atoms with van der Waals surface area (Å²) in [4.78, 5) is 39.3. The molecule has 1 aliphatic heterocycles. The summed E-state index contributed by atoms with van der Waals surface area (Å²) >= 11 is 0. The first-order chi connectivity index (χ1) is 21.9. The molecule has 1 fully saturated rings. The fourth-order valence-corrected chi connectivity index (χ4v) is 5.77. The number of carbonyl (C=O) groups excluding carboxylic acids is 2. The Hall–Kier alpha value is -2.71. The topological polar surface area (TPSA) is 114 Å². The van der Waals surface area contributed by atoms with Crippen molar-refractivity contribution >= 4 is 17.8 Å². The Balaban J connectivity index is 1.85. The standard InChI is InChI=1S/C38H62N2O6/c1-6-7-8-9-10-11-12-13-14-15-16-17-18-19-23-26-32(41)40-38(35(43)44,28-27-31-24-21-20-22-25-31)29-39-34(42)33-36(2,3)30-45-37(4,5)46-33/h13-14,20-22,24-25,33H,6-12,15-19,23,26-30H2,1-5H3,(H,39,42)(H,40,41)(H,43,44). The van der Waals surface area contributed by atoms with Crippen molar-refractivity contribution < 1.29 is 29.0 Å². The highest BCUT2D eigenvalue weighted by atomic mass is 16.7. The highest BCUT2D eigenvalue weighted by molar-refractivity contribution is 5.89. The molecule has 8 heteroatoms. The van der Waals surface area contributed by atoms with Gasteiger partial charge in [0.15, 0.2) is 11.3 Å². The van der Waals surface area contributed by atoms with Gasteiger partial charge >= 0.3 is 5.97 Å². The molecule has 0 aliphatic carbocycles. The minimum absolute atomic E-state index is 0.133. The number of aliphatic carboxylic acids is 1. The maximum atomic E-state index is 13.4. The highest BCUT2D eigenvalue weighted by Gasteiger charge is 2.47. The lowest BCUT2D eigenvalue weighted by Crippen LogP contribution is -2.63. The summed E-state index contributed by atoms with van der Waals surface area (Å²) in [6.07, 6.45) is 19.8. The quantitative estimate of drug-likeness (QED) is 0.0826. The molecule has 1 aliphatic rings. The maximum Gasteiger partial charge on any atom is 0.331 e. The molecule has 8 nitrogen and oxygen atoms in total. The number of hydrogen-bond acceptors (Lipinski definition) is 5. The summed E-state index contributed by atoms with van der Waals surface area (Å²) in [6, 6.07) is 9.56. The van der Waals surface area contributed by atoms with Gasteiger partial charge in [0.25, 0.3) is 0 Å². The summed E-state index contributed by atoms with van der Waals surface area (Å²) in [5.41, 5.74) is -1.31. The number of hydrogen-bond donors (Lipinski definition) is 3. The zero-order valence-corrected chi connectivity index (χ0v) is 29.3. The molecule has 0 aromatic heterocycles. The molecule has 2 atom stereocenters. The Morgan fingerprint density at radius 2 is 1.48 bits per heavy atom. The Bertz CT molecular complexity index is 1070. The summed E-state index contributed by atoms with van der Waals surface area (Å²) < 4.78 is 11.7. The SMILES string of the molecule is CCCCCCCCC=CCCCCCCCC(=O)NC(CCc1ccccc1)(CNC(=O)C1OC(C)(C)OCC1(C)C)C(=O)O. The van der Waals surface area contributed by atoms with Crippen LogP contribution >= 0.6 is 0 Å². The first-order valence-electron chi connectivity index (χ1n) is 17.7. The molecule has 260 valence electrons. The van der Waals surface area contributed by atoms with Gasteiger partial charge in [0, 0.05) is 11.8 Å². The van der Waals surface area contributed by atoms with Gasteiger partial charge in [0.1, 0.15) is 6.10 Å². The van der Waals surface area contributed by atoms with Crippen LogP contribution in [0.25, 0.3) is 0 Å². The van der Waals surface area contributed by atoms with Crippen molar-refractivity contribution in [2.24, 2.45) is 5.41 Å². The van der Waals surface area contributed by atoms with Gasteiger partial charge in [-0.2, -0.15) is 0 Å². The van der Waals surface area contributed by atoms with Crippen molar-refractivity contribution in [2.75, 3.05) is 13.2 Å². The van der Waals surface area contributed by atoms with E-state index >= 15 is 0 Å². The van der Waals surface area contributed by atoms with Crippen molar-refractivity contribution in [3.8, 4) is 0 Å². The van der Waals surface area contributed by atoms with Crippen LogP contribution in [0.4, 0.5) is 0 Å². The Morgan fingerprint density at radius 3 is 2.09 bits per heavy atom. The molecule has 1 heterocycles. The van der Waals surface area contributed by atoms with E-state index in [0.717, 1.165) is 37.7 Å². The first kappa shape index (κ1) is 39.5. The van der Waals surface area contributed by atoms with E-state index in [2.05, 4.69) is 29.7 Å². The minimum Gasteiger partial charge on any atom is -0.479 e. The number of rotatable bonds is 23. The van der Waals surface area contributed by atoms with Crippen LogP contribution < -0.4 is 10.6 Å². The third-order valence-electron chi connectivity index (χ3n) is 8.84. The second kappa shape index (κ2) is 20.5. The van der Waals surface area contributed by atoms with E-state index in [1.54, 1.807) is 13.8 Å². The molecule has 1 aromatic carbocycles. The summed E-state index contributed by atoms with van der Waals surface area (Å²) in [7, 11) is 0. The molecule has 1 saturated heterocycles. The largest absolute Gasteiger partial charge is 0.479 e. The number of carbonyl (C=O) groups is 3. The van der Waals surface area contributed by atoms with Crippen molar-refractivity contribution in [2.45, 2.75) is 155 Å². The van der Waals surface area contributed by atoms with Gasteiger partial charge in [-0.05, 0) is 64.4 Å². The number of ether oxygens (including phenoxy) is 2. The summed E-state index contributed by atoms with van der Waals surface area (Å²) in [6.45, 7) is 9.58. The van der Waals surface area contributed by atoms with Gasteiger partial charge in [0.2, 0.25) is 11.8 Å². The van der Waals surface area contributed by atoms with E-state index in [1.165, 1.54) is 44.9 Å². The maximum absolute atomic E-state index is 13.4. The predicted octanol–water partition coefficient (Wildman–Crippen LogP) is 7.89. The molecule has 1 aromatic rings. The number of aryl methyl sites for hydroxylation is 1. The van der Waals surface area contributed by atoms with Gasteiger partial charge in [0.05, 0.1) is 13.2 Å². The number of carboxylic acid groups (broad SMARTS) is 1. The van der Waals surface area contributed by atoms with Crippen LogP contribution in [0.15, 0.2) is 42.5 Å². The number of benzene rings is 1. The van der Waals surface area contributed by atoms with Gasteiger partial charge in [-0.25, -0.2) is 4.79 Å². The smallest absolute Gasteiger partial charge is 0.331 e. The van der Waals surface area contributed by atoms with Crippen molar-refractivity contribution in [1.82, 2.24) is 10.6 Å². The second-order valence-corrected chi connectivity index (χ2v) is 14.1. The van der Waals surface area contributed by atoms with Crippen LogP contribution in [0.1, 0.15) is 136 Å². The normalized spacial score (nSPS) is 18.6. The van der Waals surface area contributed by atoms with Crippen molar-refractivity contribution in [1.29, 1.82) is 0 Å². The highest BCUT2D eigenvalue weighted by Crippen LogP contribution is 2.35. The number of carboxylic acids is 1. The second-order valence-electron chi connectivity index (χ2n) is 14.1. The molecular formula is C38H62N2O6. The molecule has 0 spiro atoms. The third kappa shape index (κ3) is 14.8. The molecular weight excluding hydrogens is 580 g/mol. The zero-order chi connectivity index (χ0) is 33.9. The fraction of sp³-hybridized carbons (Fsp3) is 0.711. The third-order valence-corrected chi connectivity index (χ3v) is 8.84. The predicted molar refractivity (Wildman–Crippen MR) is 184 cm³/mol. The van der Waals surface area contributed by atoms with Gasteiger partial charge < -0.3 is 25.2 Å². The summed E-state index contributed by atoms with van der Waals surface area (Å²) in [5, 5.41) is 16.1. The molecule has 0 radical (unpaired) electrons. The average molecular weight is 643 g/mol. The van der Waals surface area contributed by atoms with Crippen LogP contribution in [0.3, 0.4) is 0 Å². The Kier molecular flexibility index (Phi) is 17.6. The zero-order valence-electron chi connectivity index (χ0n) is 29.3. The Morgan fingerprint density at radius 1 is 0.891 bits per heavy atom. The lowest BCUT2D eigenvalue weighted by atomic mass is 9.85. The fourth-order valence-electron chi connectivity index (χ4n) is 5.77. The van der Waals surface area contributed by atoms with E-state index in [4.69, 9.17) is 9.47 Å². The molecule has 3 N–H and O–H groups in total. The monoisotopic (exact) mass is 642 g/mol. The lowest BCUT2D eigenvalue weighted by molar-refractivity contribution is -0.304. The van der Waals surface area contributed by atoms with E-state index in [1.807, 2.05) is 44.2 Å². The van der Waals surface area contributed by atoms with Crippen LogP contribution in [-0.4, -0.2) is 53.5 Å². The number of nitrogens with one attached hydrogen (secondary N) is 2. The molecule has 2 rings (SSSR count). The lowest BCUT2D eigenvalue weighted by Gasteiger charge is -2.45. The summed E-state index contributed by atoms with van der Waals surface area (Å²) in [5.74, 6) is -2.84. The van der Waals surface area contributed by atoms with Gasteiger partial charge in [-0.3, -0.25) is 9.59 Å². The van der Waals surface area contributed by atoms with Crippen LogP contribution in [-0.2, 0) is 30.3 Å². The molecule has 2 amide bonds. The van der Waals surface area contributed by atoms with Gasteiger partial charge in [-0.1, -0.05) is 115 Å². The van der Waals surface area contributed by atoms with E-state index in [-0.39, 0.29) is 25.3 Å².